The summed E-state index contributed by atoms with van der Waals surface area (Å²) in [6, 6.07) is 16.7. The lowest BCUT2D eigenvalue weighted by molar-refractivity contribution is -0.132. The molecule has 0 spiro atoms. The smallest absolute Gasteiger partial charge is 0.261 e. The monoisotopic (exact) mass is 323 g/mol. The van der Waals surface area contributed by atoms with Crippen LogP contribution in [0.25, 0.3) is 0 Å². The Balaban J connectivity index is 1.88. The van der Waals surface area contributed by atoms with Crippen LogP contribution in [0, 0.1) is 0 Å². The van der Waals surface area contributed by atoms with Crippen molar-refractivity contribution in [3.05, 3.63) is 79.9 Å². The lowest BCUT2D eigenvalue weighted by Gasteiger charge is -2.19. The van der Waals surface area contributed by atoms with Gasteiger partial charge in [-0.2, -0.15) is 0 Å². The molecule has 0 N–H and O–H groups in total. The van der Waals surface area contributed by atoms with E-state index in [4.69, 9.17) is 9.47 Å². The molecule has 4 nitrogen and oxygen atoms in total. The zero-order chi connectivity index (χ0) is 17.2. The zero-order valence-corrected chi connectivity index (χ0v) is 13.6. The van der Waals surface area contributed by atoms with E-state index in [-0.39, 0.29) is 12.5 Å². The lowest BCUT2D eigenvalue weighted by Crippen LogP contribution is -2.35. The van der Waals surface area contributed by atoms with E-state index in [9.17, 15) is 4.79 Å². The van der Waals surface area contributed by atoms with Crippen molar-refractivity contribution in [3.8, 4) is 17.2 Å². The Morgan fingerprint density at radius 3 is 2.00 bits per heavy atom. The van der Waals surface area contributed by atoms with Gasteiger partial charge < -0.3 is 14.4 Å². The third kappa shape index (κ3) is 5.32. The number of hydrogen-bond donors (Lipinski definition) is 0. The summed E-state index contributed by atoms with van der Waals surface area (Å²) in [4.78, 5) is 13.7. The van der Waals surface area contributed by atoms with Gasteiger partial charge in [-0.25, -0.2) is 0 Å². The third-order valence-electron chi connectivity index (χ3n) is 3.22. The molecule has 0 aliphatic heterocycles. The summed E-state index contributed by atoms with van der Waals surface area (Å²) in [7, 11) is 0. The van der Waals surface area contributed by atoms with E-state index in [1.54, 1.807) is 41.3 Å². The maximum absolute atomic E-state index is 12.1. The van der Waals surface area contributed by atoms with Crippen molar-refractivity contribution in [2.24, 2.45) is 0 Å². The molecule has 0 atom stereocenters. The van der Waals surface area contributed by atoms with Crippen LogP contribution >= 0.6 is 0 Å². The van der Waals surface area contributed by atoms with Gasteiger partial charge in [-0.3, -0.25) is 4.79 Å². The van der Waals surface area contributed by atoms with E-state index in [1.165, 1.54) is 0 Å². The van der Waals surface area contributed by atoms with Gasteiger partial charge in [0.05, 0.1) is 0 Å². The topological polar surface area (TPSA) is 38.8 Å². The van der Waals surface area contributed by atoms with Crippen LogP contribution in [0.15, 0.2) is 79.9 Å². The molecule has 2 rings (SSSR count). The summed E-state index contributed by atoms with van der Waals surface area (Å²) in [5, 5.41) is 0. The molecule has 0 bridgehead atoms. The molecule has 0 unspecified atom stereocenters. The first-order valence-corrected chi connectivity index (χ1v) is 7.68. The van der Waals surface area contributed by atoms with Crippen LogP contribution in [0.1, 0.15) is 0 Å². The van der Waals surface area contributed by atoms with E-state index in [0.29, 0.717) is 24.6 Å². The molecule has 0 aromatic heterocycles. The Hall–Kier alpha value is -3.01. The SMILES string of the molecule is C=CCN(CC=C)C(=O)COc1ccc(Oc2ccccc2)cc1. The number of para-hydroxylation sites is 1. The van der Waals surface area contributed by atoms with Crippen LogP contribution in [-0.2, 0) is 4.79 Å². The van der Waals surface area contributed by atoms with Gasteiger partial charge in [0.25, 0.3) is 5.91 Å². The Morgan fingerprint density at radius 2 is 1.42 bits per heavy atom. The second kappa shape index (κ2) is 9.20. The average molecular weight is 323 g/mol. The van der Waals surface area contributed by atoms with Crippen molar-refractivity contribution in [3.63, 3.8) is 0 Å². The van der Waals surface area contributed by atoms with Crippen LogP contribution in [0.3, 0.4) is 0 Å². The van der Waals surface area contributed by atoms with E-state index < -0.39 is 0 Å². The van der Waals surface area contributed by atoms with Gasteiger partial charge in [0.2, 0.25) is 0 Å². The molecular formula is C20H21NO3. The number of ether oxygens (including phenoxy) is 2. The van der Waals surface area contributed by atoms with Crippen LogP contribution < -0.4 is 9.47 Å². The van der Waals surface area contributed by atoms with Crippen molar-refractivity contribution in [2.45, 2.75) is 0 Å². The van der Waals surface area contributed by atoms with Crippen LogP contribution in [-0.4, -0.2) is 30.5 Å². The van der Waals surface area contributed by atoms with Gasteiger partial charge in [-0.1, -0.05) is 30.4 Å². The summed E-state index contributed by atoms with van der Waals surface area (Å²) >= 11 is 0. The number of nitrogens with zero attached hydrogens (tertiary/aromatic N) is 1. The van der Waals surface area contributed by atoms with Crippen molar-refractivity contribution in [1.29, 1.82) is 0 Å². The van der Waals surface area contributed by atoms with E-state index in [1.807, 2.05) is 30.3 Å². The van der Waals surface area contributed by atoms with Gasteiger partial charge >= 0.3 is 0 Å². The molecule has 124 valence electrons. The summed E-state index contributed by atoms with van der Waals surface area (Å²) < 4.78 is 11.2. The molecule has 0 heterocycles. The van der Waals surface area contributed by atoms with Crippen molar-refractivity contribution in [2.75, 3.05) is 19.7 Å². The van der Waals surface area contributed by atoms with Crippen molar-refractivity contribution >= 4 is 5.91 Å². The Morgan fingerprint density at radius 1 is 0.875 bits per heavy atom. The molecule has 0 saturated carbocycles. The minimum Gasteiger partial charge on any atom is -0.484 e. The predicted octanol–water partition coefficient (Wildman–Crippen LogP) is 4.06. The van der Waals surface area contributed by atoms with Gasteiger partial charge in [-0.05, 0) is 36.4 Å². The number of carbonyl (C=O) groups excluding carboxylic acids is 1. The first kappa shape index (κ1) is 17.3. The summed E-state index contributed by atoms with van der Waals surface area (Å²) in [5.74, 6) is 1.98. The quantitative estimate of drug-likeness (QED) is 0.653. The number of benzene rings is 2. The Kier molecular flexibility index (Phi) is 6.65. The van der Waals surface area contributed by atoms with Crippen LogP contribution in [0.5, 0.6) is 17.2 Å². The normalized spacial score (nSPS) is 9.83. The highest BCUT2D eigenvalue weighted by Crippen LogP contribution is 2.23. The highest BCUT2D eigenvalue weighted by atomic mass is 16.5. The zero-order valence-electron chi connectivity index (χ0n) is 13.6. The van der Waals surface area contributed by atoms with Gasteiger partial charge in [0, 0.05) is 13.1 Å². The first-order valence-electron chi connectivity index (χ1n) is 7.68. The molecule has 4 heteroatoms. The number of rotatable bonds is 9. The standard InChI is InChI=1S/C20H21NO3/c1-3-14-21(15-4-2)20(22)16-23-17-10-12-19(13-11-17)24-18-8-6-5-7-9-18/h3-13H,1-2,14-16H2. The third-order valence-corrected chi connectivity index (χ3v) is 3.22. The number of hydrogen-bond acceptors (Lipinski definition) is 3. The molecule has 1 amide bonds. The van der Waals surface area contributed by atoms with Gasteiger partial charge in [0.1, 0.15) is 17.2 Å². The minimum absolute atomic E-state index is 0.0272. The highest BCUT2D eigenvalue weighted by Gasteiger charge is 2.11. The maximum atomic E-state index is 12.1. The molecule has 0 aliphatic rings. The fourth-order valence-corrected chi connectivity index (χ4v) is 2.05. The van der Waals surface area contributed by atoms with Crippen LogP contribution in [0.4, 0.5) is 0 Å². The average Bonchev–Trinajstić information content (AvgIpc) is 2.61. The highest BCUT2D eigenvalue weighted by molar-refractivity contribution is 5.78. The second-order valence-corrected chi connectivity index (χ2v) is 5.05. The Labute approximate surface area is 142 Å². The van der Waals surface area contributed by atoms with Gasteiger partial charge in [-0.15, -0.1) is 13.2 Å². The van der Waals surface area contributed by atoms with E-state index >= 15 is 0 Å². The molecule has 0 saturated heterocycles. The van der Waals surface area contributed by atoms with Crippen molar-refractivity contribution < 1.29 is 14.3 Å². The largest absolute Gasteiger partial charge is 0.484 e. The molecule has 2 aromatic carbocycles. The van der Waals surface area contributed by atoms with E-state index in [2.05, 4.69) is 13.2 Å². The second-order valence-electron chi connectivity index (χ2n) is 5.05. The predicted molar refractivity (Wildman–Crippen MR) is 95.4 cm³/mol. The molecule has 0 radical (unpaired) electrons. The van der Waals surface area contributed by atoms with Crippen molar-refractivity contribution in [1.82, 2.24) is 4.90 Å². The Bertz CT molecular complexity index is 655. The molecular weight excluding hydrogens is 302 g/mol. The summed E-state index contributed by atoms with van der Waals surface area (Å²) in [6.45, 7) is 8.20. The molecule has 2 aromatic rings. The molecule has 0 fully saturated rings. The van der Waals surface area contributed by atoms with Gasteiger partial charge in [0.15, 0.2) is 6.61 Å². The lowest BCUT2D eigenvalue weighted by atomic mass is 10.3. The summed E-state index contributed by atoms with van der Waals surface area (Å²) in [6.07, 6.45) is 3.36. The van der Waals surface area contributed by atoms with Crippen LogP contribution in [0.2, 0.25) is 0 Å². The fraction of sp³-hybridized carbons (Fsp3) is 0.150. The number of carbonyl (C=O) groups is 1. The van der Waals surface area contributed by atoms with E-state index in [0.717, 1.165) is 5.75 Å². The molecule has 0 aliphatic carbocycles. The fourth-order valence-electron chi connectivity index (χ4n) is 2.05. The molecule has 24 heavy (non-hydrogen) atoms. The number of amides is 1. The maximum Gasteiger partial charge on any atom is 0.261 e. The first-order chi connectivity index (χ1) is 11.7. The minimum atomic E-state index is -0.112. The summed E-state index contributed by atoms with van der Waals surface area (Å²) in [5.41, 5.74) is 0.